The highest BCUT2D eigenvalue weighted by Crippen LogP contribution is 2.61. The van der Waals surface area contributed by atoms with E-state index in [1.807, 2.05) is 11.8 Å². The van der Waals surface area contributed by atoms with Crippen molar-refractivity contribution in [2.75, 3.05) is 25.4 Å². The van der Waals surface area contributed by atoms with Crippen LogP contribution in [0.5, 0.6) is 0 Å². The van der Waals surface area contributed by atoms with Gasteiger partial charge in [-0.3, -0.25) is 4.99 Å². The van der Waals surface area contributed by atoms with E-state index in [1.165, 1.54) is 11.4 Å². The second kappa shape index (κ2) is 8.24. The number of amidine groups is 2. The van der Waals surface area contributed by atoms with E-state index in [1.54, 1.807) is 11.8 Å². The molecule has 0 spiro atoms. The molecule has 2 heterocycles. The Kier molecular flexibility index (Phi) is 7.25. The molecular weight excluding hydrogens is 428 g/mol. The minimum atomic E-state index is -2.50. The molecule has 0 radical (unpaired) electrons. The van der Waals surface area contributed by atoms with Crippen LogP contribution in [0.4, 0.5) is 0 Å². The third-order valence-corrected chi connectivity index (χ3v) is 10.1. The minimum Gasteiger partial charge on any atom is -0.328 e. The van der Waals surface area contributed by atoms with Crippen molar-refractivity contribution in [3.63, 3.8) is 0 Å². The molecule has 0 N–H and O–H groups in total. The summed E-state index contributed by atoms with van der Waals surface area (Å²) in [5, 5.41) is 5.26. The highest BCUT2D eigenvalue weighted by Gasteiger charge is 2.48. The Morgan fingerprint density at radius 3 is 2.79 bits per heavy atom. The standard InChI is InChI=1S/C13H22Cl2N3O2PS3/c1-5-7-23-21(22,19-6-2)20-17-10-12(3,4)24-11-16-8-13(14,15)9-18(10)11/h5-9H2,1-4H3. The van der Waals surface area contributed by atoms with Crippen LogP contribution in [-0.4, -0.2) is 50.4 Å². The summed E-state index contributed by atoms with van der Waals surface area (Å²) in [7, 11) is 0. The third-order valence-electron chi connectivity index (χ3n) is 3.17. The molecule has 0 aliphatic carbocycles. The summed E-state index contributed by atoms with van der Waals surface area (Å²) in [5.41, 5.74) is -2.50. The van der Waals surface area contributed by atoms with Crippen molar-refractivity contribution in [1.29, 1.82) is 0 Å². The van der Waals surface area contributed by atoms with E-state index in [4.69, 9.17) is 44.2 Å². The fourth-order valence-corrected chi connectivity index (χ4v) is 7.76. The molecule has 138 valence electrons. The number of aliphatic imine (C=N–C) groups is 1. The van der Waals surface area contributed by atoms with Gasteiger partial charge in [-0.25, -0.2) is 0 Å². The predicted octanol–water partition coefficient (Wildman–Crippen LogP) is 5.09. The Bertz CT molecular complexity index is 587. The zero-order valence-corrected chi connectivity index (χ0v) is 19.0. The number of thioether (sulfide) groups is 1. The summed E-state index contributed by atoms with van der Waals surface area (Å²) < 4.78 is 10.2. The van der Waals surface area contributed by atoms with Gasteiger partial charge in [-0.2, -0.15) is 0 Å². The number of rotatable bonds is 7. The van der Waals surface area contributed by atoms with E-state index in [2.05, 4.69) is 30.9 Å². The molecular formula is C13H22Cl2N3O2PS3. The lowest BCUT2D eigenvalue weighted by molar-refractivity contribution is 0.275. The van der Waals surface area contributed by atoms with Crippen LogP contribution in [0.2, 0.25) is 0 Å². The highest BCUT2D eigenvalue weighted by atomic mass is 35.5. The molecule has 5 nitrogen and oxygen atoms in total. The van der Waals surface area contributed by atoms with Gasteiger partial charge in [0.1, 0.15) is 0 Å². The van der Waals surface area contributed by atoms with Gasteiger partial charge in [-0.1, -0.05) is 58.4 Å². The van der Waals surface area contributed by atoms with Crippen molar-refractivity contribution < 1.29 is 9.15 Å². The summed E-state index contributed by atoms with van der Waals surface area (Å²) in [6.07, 6.45) is 1.00. The van der Waals surface area contributed by atoms with Crippen LogP contribution in [0.15, 0.2) is 10.1 Å². The van der Waals surface area contributed by atoms with Crippen molar-refractivity contribution in [2.24, 2.45) is 10.1 Å². The summed E-state index contributed by atoms with van der Waals surface area (Å²) >= 11 is 21.3. The third kappa shape index (κ3) is 5.18. The first kappa shape index (κ1) is 21.1. The average Bonchev–Trinajstić information content (AvgIpc) is 2.72. The molecule has 0 aromatic rings. The fraction of sp³-hybridized carbons (Fsp3) is 0.846. The monoisotopic (exact) mass is 449 g/mol. The van der Waals surface area contributed by atoms with Crippen LogP contribution in [-0.2, 0) is 21.0 Å². The normalized spacial score (nSPS) is 26.0. The van der Waals surface area contributed by atoms with Gasteiger partial charge < -0.3 is 14.0 Å². The number of oxime groups is 1. The Balaban J connectivity index is 2.23. The first-order valence-electron chi connectivity index (χ1n) is 7.67. The zero-order valence-electron chi connectivity index (χ0n) is 14.1. The molecule has 1 fully saturated rings. The maximum Gasteiger partial charge on any atom is 0.322 e. The Morgan fingerprint density at radius 1 is 1.46 bits per heavy atom. The van der Waals surface area contributed by atoms with Crippen molar-refractivity contribution >= 4 is 74.8 Å². The van der Waals surface area contributed by atoms with Gasteiger partial charge >= 0.3 is 5.69 Å². The lowest BCUT2D eigenvalue weighted by Gasteiger charge is -2.31. The van der Waals surface area contributed by atoms with E-state index in [9.17, 15) is 0 Å². The Hall–Kier alpha value is 0.830. The molecule has 0 saturated carbocycles. The van der Waals surface area contributed by atoms with E-state index in [0.29, 0.717) is 19.7 Å². The van der Waals surface area contributed by atoms with Crippen LogP contribution in [0.25, 0.3) is 0 Å². The summed E-state index contributed by atoms with van der Waals surface area (Å²) in [6.45, 7) is 9.43. The molecule has 1 atom stereocenters. The summed E-state index contributed by atoms with van der Waals surface area (Å²) in [4.78, 5) is 6.39. The van der Waals surface area contributed by atoms with Crippen molar-refractivity contribution in [2.45, 2.75) is 43.2 Å². The molecule has 2 rings (SSSR count). The van der Waals surface area contributed by atoms with Crippen LogP contribution < -0.4 is 0 Å². The first-order chi connectivity index (χ1) is 11.1. The molecule has 0 amide bonds. The molecule has 0 aromatic heterocycles. The summed E-state index contributed by atoms with van der Waals surface area (Å²) in [6, 6.07) is 0. The maximum atomic E-state index is 6.27. The SMILES string of the molecule is CCCSP(=S)(OCC)ON=C1N2CC(Cl)(Cl)CN=C2SC1(C)C. The van der Waals surface area contributed by atoms with Crippen molar-refractivity contribution in [1.82, 2.24) is 4.90 Å². The number of fused-ring (bicyclic) bond motifs is 1. The predicted molar refractivity (Wildman–Crippen MR) is 112 cm³/mol. The average molecular weight is 450 g/mol. The Labute approximate surface area is 167 Å². The number of hydrogen-bond donors (Lipinski definition) is 0. The first-order valence-corrected chi connectivity index (χ1v) is 13.5. The summed E-state index contributed by atoms with van der Waals surface area (Å²) in [5.74, 6) is 1.60. The van der Waals surface area contributed by atoms with E-state index >= 15 is 0 Å². The van der Waals surface area contributed by atoms with E-state index in [-0.39, 0.29) is 4.75 Å². The van der Waals surface area contributed by atoms with Crippen molar-refractivity contribution in [3.05, 3.63) is 0 Å². The van der Waals surface area contributed by atoms with Crippen LogP contribution >= 0.6 is 52.0 Å². The smallest absolute Gasteiger partial charge is 0.322 e. The minimum absolute atomic E-state index is 0.297. The number of nitrogens with zero attached hydrogens (tertiary/aromatic N) is 3. The molecule has 0 aromatic carbocycles. The number of hydrogen-bond acceptors (Lipinski definition) is 7. The number of halogens is 2. The van der Waals surface area contributed by atoms with Gasteiger partial charge in [0.15, 0.2) is 15.3 Å². The van der Waals surface area contributed by atoms with Gasteiger partial charge in [0, 0.05) is 5.75 Å². The molecule has 11 heteroatoms. The van der Waals surface area contributed by atoms with Crippen LogP contribution in [0, 0.1) is 0 Å². The zero-order chi connectivity index (χ0) is 18.0. The van der Waals surface area contributed by atoms with E-state index in [0.717, 1.165) is 23.2 Å². The largest absolute Gasteiger partial charge is 0.328 e. The topological polar surface area (TPSA) is 46.4 Å². The van der Waals surface area contributed by atoms with Gasteiger partial charge in [0.25, 0.3) is 0 Å². The number of alkyl halides is 2. The van der Waals surface area contributed by atoms with Crippen LogP contribution in [0.1, 0.15) is 34.1 Å². The van der Waals surface area contributed by atoms with Gasteiger partial charge in [0.05, 0.1) is 24.4 Å². The van der Waals surface area contributed by atoms with Gasteiger partial charge in [-0.05, 0) is 39.0 Å². The van der Waals surface area contributed by atoms with Gasteiger partial charge in [-0.15, -0.1) is 0 Å². The molecule has 1 saturated heterocycles. The quantitative estimate of drug-likeness (QED) is 0.306. The molecule has 0 bridgehead atoms. The molecule has 2 aliphatic heterocycles. The second-order valence-electron chi connectivity index (χ2n) is 5.85. The van der Waals surface area contributed by atoms with Crippen molar-refractivity contribution in [3.8, 4) is 0 Å². The second-order valence-corrected chi connectivity index (χ2v) is 15.4. The Morgan fingerprint density at radius 2 is 2.17 bits per heavy atom. The highest BCUT2D eigenvalue weighted by molar-refractivity contribution is 8.67. The maximum absolute atomic E-state index is 6.27. The van der Waals surface area contributed by atoms with Crippen LogP contribution in [0.3, 0.4) is 0 Å². The fourth-order valence-electron chi connectivity index (χ4n) is 2.16. The molecule has 2 aliphatic rings. The van der Waals surface area contributed by atoms with E-state index < -0.39 is 10.0 Å². The lowest BCUT2D eigenvalue weighted by atomic mass is 10.1. The lowest BCUT2D eigenvalue weighted by Crippen LogP contribution is -2.46. The van der Waals surface area contributed by atoms with Gasteiger partial charge in [0.2, 0.25) is 0 Å². The molecule has 1 unspecified atom stereocenters. The molecule has 24 heavy (non-hydrogen) atoms.